The zero-order valence-corrected chi connectivity index (χ0v) is 13.7. The van der Waals surface area contributed by atoms with Crippen LogP contribution in [0.3, 0.4) is 0 Å². The molecule has 0 heterocycles. The summed E-state index contributed by atoms with van der Waals surface area (Å²) in [7, 11) is 0. The third kappa shape index (κ3) is 26.8. The molecule has 0 amide bonds. The Morgan fingerprint density at radius 2 is 1.42 bits per heavy atom. The van der Waals surface area contributed by atoms with Gasteiger partial charge in [-0.2, -0.15) is 0 Å². The largest absolute Gasteiger partial charge is 4.00 e. The van der Waals surface area contributed by atoms with Crippen LogP contribution in [0.15, 0.2) is 29.6 Å². The molecule has 0 bridgehead atoms. The third-order valence-electron chi connectivity index (χ3n) is 1.16. The van der Waals surface area contributed by atoms with Crippen molar-refractivity contribution in [2.45, 2.75) is 6.61 Å². The van der Waals surface area contributed by atoms with Gasteiger partial charge in [-0.3, -0.25) is 0 Å². The Morgan fingerprint density at radius 1 is 1.11 bits per heavy atom. The SMILES string of the molecule is N.N.O=NO.OCc1ccccc1O.O[Se](O)O.[Pt+4]. The minimum Gasteiger partial charge on any atom is 4.00 e. The molecular formula is C7H18N3O7PtSe+4. The van der Waals surface area contributed by atoms with Gasteiger partial charge in [-0.05, 0) is 6.07 Å². The summed E-state index contributed by atoms with van der Waals surface area (Å²) >= 11 is -3.04. The quantitative estimate of drug-likeness (QED) is 0.130. The standard InChI is InChI=1S/C7H8O2.HNO2.2H3N.H3O3Se.Pt/c8-5-6-3-1-2-4-7(6)9;2-1-3;;;1-4(2)3;/h1-4,8-9H,5H2;(H,2,3);2*1H3;1-3H;/q;;;;;+4. The van der Waals surface area contributed by atoms with Gasteiger partial charge in [0, 0.05) is 5.56 Å². The van der Waals surface area contributed by atoms with Crippen LogP contribution >= 0.6 is 0 Å². The van der Waals surface area contributed by atoms with E-state index in [4.69, 9.17) is 32.9 Å². The van der Waals surface area contributed by atoms with Crippen LogP contribution in [-0.2, 0) is 27.7 Å². The molecule has 1 aromatic carbocycles. The molecule has 0 atom stereocenters. The summed E-state index contributed by atoms with van der Waals surface area (Å²) in [6.07, 6.45) is 0. The number of nitrogens with zero attached hydrogens (tertiary/aromatic N) is 1. The first-order chi connectivity index (χ1) is 7.49. The summed E-state index contributed by atoms with van der Waals surface area (Å²) in [5.74, 6) is 0.153. The molecule has 0 aliphatic carbocycles. The fraction of sp³-hybridized carbons (Fsp3) is 0.143. The maximum Gasteiger partial charge on any atom is 4.00 e. The molecule has 10 nitrogen and oxygen atoms in total. The molecular weight excluding hydrogens is 512 g/mol. The predicted molar refractivity (Wildman–Crippen MR) is 64.1 cm³/mol. The van der Waals surface area contributed by atoms with Gasteiger partial charge < -0.3 is 27.7 Å². The summed E-state index contributed by atoms with van der Waals surface area (Å²) in [4.78, 5) is 8.11. The van der Waals surface area contributed by atoms with Crippen LogP contribution in [0.1, 0.15) is 5.56 Å². The first-order valence-corrected chi connectivity index (χ1v) is 5.95. The average molecular weight is 530 g/mol. The Kier molecular flexibility index (Phi) is 36.8. The van der Waals surface area contributed by atoms with E-state index < -0.39 is 14.9 Å². The van der Waals surface area contributed by atoms with Crippen LogP contribution < -0.4 is 12.3 Å². The normalized spacial score (nSPS) is 7.00. The average Bonchev–Trinajstić information content (AvgIpc) is 2.19. The first-order valence-electron chi connectivity index (χ1n) is 3.65. The Bertz CT molecular complexity index is 292. The summed E-state index contributed by atoms with van der Waals surface area (Å²) in [6, 6.07) is 6.71. The molecule has 0 fully saturated rings. The molecule has 0 aromatic heterocycles. The van der Waals surface area contributed by atoms with Crippen molar-refractivity contribution in [2.75, 3.05) is 0 Å². The number of aliphatic hydroxyl groups is 1. The molecule has 0 unspecified atom stereocenters. The second-order valence-corrected chi connectivity index (χ2v) is 3.14. The fourth-order valence-corrected chi connectivity index (χ4v) is 0.645. The van der Waals surface area contributed by atoms with Crippen molar-refractivity contribution in [2.24, 2.45) is 5.34 Å². The van der Waals surface area contributed by atoms with Gasteiger partial charge in [0.15, 0.2) is 5.34 Å². The maximum atomic E-state index is 8.95. The van der Waals surface area contributed by atoms with Crippen LogP contribution in [0.4, 0.5) is 0 Å². The number of hydrogen-bond donors (Lipinski definition) is 8. The van der Waals surface area contributed by atoms with Gasteiger partial charge >= 0.3 is 48.5 Å². The Morgan fingerprint density at radius 3 is 1.63 bits per heavy atom. The van der Waals surface area contributed by atoms with Gasteiger partial charge in [0.05, 0.1) is 6.61 Å². The van der Waals surface area contributed by atoms with Gasteiger partial charge in [-0.15, -0.1) is 4.91 Å². The number of aliphatic hydroxyl groups excluding tert-OH is 1. The number of para-hydroxylation sites is 1. The number of phenols is 1. The second-order valence-electron chi connectivity index (χ2n) is 2.11. The van der Waals surface area contributed by atoms with E-state index in [-0.39, 0.29) is 45.7 Å². The van der Waals surface area contributed by atoms with E-state index in [1.807, 2.05) is 0 Å². The van der Waals surface area contributed by atoms with E-state index in [9.17, 15) is 0 Å². The van der Waals surface area contributed by atoms with Gasteiger partial charge in [0.2, 0.25) is 0 Å². The number of aromatic hydroxyl groups is 1. The van der Waals surface area contributed by atoms with Crippen molar-refractivity contribution >= 4 is 14.9 Å². The Labute approximate surface area is 128 Å². The Hall–Kier alpha value is -0.612. The maximum absolute atomic E-state index is 8.95. The smallest absolute Gasteiger partial charge is 4.00 e. The van der Waals surface area contributed by atoms with Gasteiger partial charge in [-0.25, -0.2) is 0 Å². The molecule has 0 aliphatic rings. The molecule has 1 aromatic rings. The number of rotatable bonds is 1. The number of hydrogen-bond acceptors (Lipinski definition) is 9. The molecule has 19 heavy (non-hydrogen) atoms. The summed E-state index contributed by atoms with van der Waals surface area (Å²) in [6.45, 7) is -0.104. The first kappa shape index (κ1) is 31.0. The van der Waals surface area contributed by atoms with Crippen molar-refractivity contribution in [3.63, 3.8) is 0 Å². The second kappa shape index (κ2) is 22.6. The monoisotopic (exact) mass is 531 g/mol. The van der Waals surface area contributed by atoms with Gasteiger partial charge in [0.25, 0.3) is 0 Å². The van der Waals surface area contributed by atoms with E-state index in [0.717, 1.165) is 0 Å². The van der Waals surface area contributed by atoms with Crippen LogP contribution in [0.25, 0.3) is 0 Å². The molecule has 0 aliphatic heterocycles. The molecule has 12 N–H and O–H groups in total. The summed E-state index contributed by atoms with van der Waals surface area (Å²) < 4.78 is 21.9. The summed E-state index contributed by atoms with van der Waals surface area (Å²) in [5, 5.41) is 25.4. The third-order valence-corrected chi connectivity index (χ3v) is 1.16. The van der Waals surface area contributed by atoms with Crippen molar-refractivity contribution in [1.82, 2.24) is 12.3 Å². The van der Waals surface area contributed by atoms with Crippen molar-refractivity contribution in [1.29, 1.82) is 0 Å². The molecule has 0 spiro atoms. The molecule has 1 rings (SSSR count). The van der Waals surface area contributed by atoms with E-state index in [0.29, 0.717) is 5.56 Å². The fourth-order valence-electron chi connectivity index (χ4n) is 0.645. The van der Waals surface area contributed by atoms with Crippen LogP contribution in [0.2, 0.25) is 0 Å². The van der Waals surface area contributed by atoms with Crippen molar-refractivity contribution in [3.8, 4) is 5.75 Å². The van der Waals surface area contributed by atoms with Crippen LogP contribution in [0.5, 0.6) is 5.75 Å². The Balaban J connectivity index is -0.0000000572. The van der Waals surface area contributed by atoms with Crippen molar-refractivity contribution in [3.05, 3.63) is 34.7 Å². The molecule has 0 saturated heterocycles. The van der Waals surface area contributed by atoms with Crippen LogP contribution in [-0.4, -0.2) is 42.9 Å². The van der Waals surface area contributed by atoms with Crippen molar-refractivity contribution < 1.29 is 49.1 Å². The zero-order chi connectivity index (χ0) is 13.0. The van der Waals surface area contributed by atoms with E-state index >= 15 is 0 Å². The molecule has 12 heteroatoms. The topological polar surface area (TPSA) is 221 Å². The van der Waals surface area contributed by atoms with Gasteiger partial charge in [0.1, 0.15) is 5.75 Å². The minimum absolute atomic E-state index is 0. The van der Waals surface area contributed by atoms with Crippen LogP contribution in [0, 0.1) is 4.91 Å². The predicted octanol–water partition coefficient (Wildman–Crippen LogP) is -0.704. The minimum atomic E-state index is -3.04. The van der Waals surface area contributed by atoms with Gasteiger partial charge in [-0.1, -0.05) is 18.2 Å². The van der Waals surface area contributed by atoms with E-state index in [1.54, 1.807) is 24.3 Å². The van der Waals surface area contributed by atoms with E-state index in [2.05, 4.69) is 0 Å². The number of benzene rings is 1. The molecule has 1 radical (unpaired) electrons. The zero-order valence-electron chi connectivity index (χ0n) is 9.69. The molecule has 115 valence electrons. The summed E-state index contributed by atoms with van der Waals surface area (Å²) in [5.41, 5.74) is 0.567. The van der Waals surface area contributed by atoms with E-state index in [1.165, 1.54) is 5.34 Å². The molecule has 0 saturated carbocycles.